The van der Waals surface area contributed by atoms with E-state index in [0.29, 0.717) is 5.01 Å². The molecule has 0 saturated carbocycles. The Balaban J connectivity index is 0.000000433. The van der Waals surface area contributed by atoms with E-state index in [1.165, 1.54) is 47.8 Å². The number of allylic oxidation sites excluding steroid dienone is 2. The van der Waals surface area contributed by atoms with Crippen LogP contribution in [0.1, 0.15) is 124 Å². The summed E-state index contributed by atoms with van der Waals surface area (Å²) in [6, 6.07) is 16.2. The van der Waals surface area contributed by atoms with Gasteiger partial charge in [0.1, 0.15) is 0 Å². The molecule has 0 saturated heterocycles. The molecule has 10 heteroatoms. The summed E-state index contributed by atoms with van der Waals surface area (Å²) in [5.41, 5.74) is 2.35. The molecule has 0 unspecified atom stereocenters. The van der Waals surface area contributed by atoms with Gasteiger partial charge in [0.15, 0.2) is 5.78 Å². The number of aromatic nitrogens is 2. The number of benzene rings is 2. The van der Waals surface area contributed by atoms with E-state index >= 15 is 0 Å². The first-order chi connectivity index (χ1) is 25.3. The maximum atomic E-state index is 13.5. The minimum atomic E-state index is -4.29. The number of aliphatic hydroxyl groups is 1. The van der Waals surface area contributed by atoms with Crippen LogP contribution in [0.2, 0.25) is 0 Å². The minimum absolute atomic E-state index is 0. The number of hydrogen-bond donors (Lipinski definition) is 1. The van der Waals surface area contributed by atoms with Gasteiger partial charge in [-0.3, -0.25) is 9.78 Å². The first kappa shape index (κ1) is 46.5. The second-order valence-corrected chi connectivity index (χ2v) is 18.2. The fourth-order valence-electron chi connectivity index (χ4n) is 6.72. The molecule has 1 radical (unpaired) electrons. The second-order valence-electron chi connectivity index (χ2n) is 16.1. The number of pyridine rings is 1. The Morgan fingerprint density at radius 3 is 2.07 bits per heavy atom. The molecule has 0 aliphatic heterocycles. The number of carbonyl (C=O) groups is 1. The predicted octanol–water partition coefficient (Wildman–Crippen LogP) is 14.5. The van der Waals surface area contributed by atoms with Crippen molar-refractivity contribution in [2.24, 2.45) is 17.3 Å². The normalized spacial score (nSPS) is 12.8. The van der Waals surface area contributed by atoms with Crippen molar-refractivity contribution in [1.29, 1.82) is 0 Å². The van der Waals surface area contributed by atoms with Gasteiger partial charge < -0.3 is 5.11 Å². The fraction of sp³-hybridized carbons (Fsp3) is 0.489. The van der Waals surface area contributed by atoms with Crippen LogP contribution in [-0.4, -0.2) is 27.0 Å². The molecular weight excluding hydrogens is 914 g/mol. The van der Waals surface area contributed by atoms with Gasteiger partial charge in [-0.05, 0) is 54.0 Å². The Bertz CT molecular complexity index is 2080. The number of alkyl halides is 3. The molecule has 0 fully saturated rings. The smallest absolute Gasteiger partial charge is 0.394 e. The third-order valence-corrected chi connectivity index (χ3v) is 12.7. The second kappa shape index (κ2) is 19.0. The summed E-state index contributed by atoms with van der Waals surface area (Å²) < 4.78 is 41.7. The van der Waals surface area contributed by atoms with E-state index < -0.39 is 11.6 Å². The number of thiazole rings is 1. The van der Waals surface area contributed by atoms with Crippen molar-refractivity contribution in [3.8, 4) is 21.0 Å². The van der Waals surface area contributed by atoms with Crippen molar-refractivity contribution in [2.45, 2.75) is 126 Å². The Hall–Kier alpha value is -2.91. The predicted molar refractivity (Wildman–Crippen MR) is 223 cm³/mol. The molecule has 0 atom stereocenters. The number of aliphatic hydroxyl groups excluding tert-OH is 1. The van der Waals surface area contributed by atoms with E-state index in [1.807, 2.05) is 40.0 Å². The van der Waals surface area contributed by atoms with Crippen molar-refractivity contribution < 1.29 is 43.2 Å². The number of hydrogen-bond acceptors (Lipinski definition) is 6. The van der Waals surface area contributed by atoms with Crippen LogP contribution >= 0.6 is 22.7 Å². The Kier molecular flexibility index (Phi) is 16.1. The average molecular weight is 970 g/mol. The van der Waals surface area contributed by atoms with Crippen LogP contribution in [0.15, 0.2) is 60.6 Å². The van der Waals surface area contributed by atoms with E-state index in [-0.39, 0.29) is 61.2 Å². The summed E-state index contributed by atoms with van der Waals surface area (Å²) in [5, 5.41) is 13.6. The van der Waals surface area contributed by atoms with Crippen LogP contribution in [0.5, 0.6) is 0 Å². The van der Waals surface area contributed by atoms with E-state index in [9.17, 15) is 23.1 Å². The quantitative estimate of drug-likeness (QED) is 0.0769. The zero-order valence-corrected chi connectivity index (χ0v) is 38.0. The zero-order valence-electron chi connectivity index (χ0n) is 34.0. The summed E-state index contributed by atoms with van der Waals surface area (Å²) >= 11 is 3.00. The molecule has 0 spiro atoms. The van der Waals surface area contributed by atoms with E-state index in [4.69, 9.17) is 4.98 Å². The van der Waals surface area contributed by atoms with Gasteiger partial charge in [-0.2, -0.15) is 13.2 Å². The Labute approximate surface area is 347 Å². The SMILES string of the molecule is CC(C)c1c(-c2cnc(CC(C)(C)C(F)(F)F)s2)sc2c(-c3[c-]c4ccccc4c(C(C)(C)C)c3)nccc12.CCC(CC)C(=O)/C=C(\O)C(CC)CC.[Ir]. The summed E-state index contributed by atoms with van der Waals surface area (Å²) in [6.07, 6.45) is 4.06. The topological polar surface area (TPSA) is 63.1 Å². The largest absolute Gasteiger partial charge is 0.512 e. The van der Waals surface area contributed by atoms with Gasteiger partial charge in [0.25, 0.3) is 0 Å². The summed E-state index contributed by atoms with van der Waals surface area (Å²) in [5.74, 6) is 0.762. The molecule has 5 aromatic rings. The molecule has 55 heavy (non-hydrogen) atoms. The standard InChI is InChI=1S/C32H32F3N2S2.C13H24O2.Ir/c1-18(2)26-22-12-13-36-27(20-14-19-10-8-9-11-21(19)23(15-20)30(3,4)5)28(22)39-29(26)24-17-37-25(38-24)16-31(6,7)32(33,34)35;1-5-10(6-2)12(14)9-13(15)11(7-3)8-4;/h8-13,15,17-18H,16H2,1-7H3;9-11,14H,5-8H2,1-4H3;/q-1;;/b;12-9-;. The van der Waals surface area contributed by atoms with Crippen LogP contribution in [0, 0.1) is 23.3 Å². The molecule has 3 aromatic heterocycles. The molecule has 0 bridgehead atoms. The first-order valence-electron chi connectivity index (χ1n) is 19.1. The third-order valence-electron chi connectivity index (χ3n) is 10.3. The van der Waals surface area contributed by atoms with Crippen LogP contribution in [0.4, 0.5) is 13.2 Å². The van der Waals surface area contributed by atoms with Crippen molar-refractivity contribution >= 4 is 49.3 Å². The molecule has 3 heterocycles. The molecule has 1 N–H and O–H groups in total. The summed E-state index contributed by atoms with van der Waals surface area (Å²) in [6.45, 7) is 21.5. The number of fused-ring (bicyclic) bond motifs is 2. The number of ketones is 1. The van der Waals surface area contributed by atoms with Crippen LogP contribution < -0.4 is 0 Å². The maximum Gasteiger partial charge on any atom is 0.394 e. The monoisotopic (exact) mass is 970 g/mol. The van der Waals surface area contributed by atoms with Crippen molar-refractivity contribution in [3.05, 3.63) is 82.8 Å². The first-order valence-corrected chi connectivity index (χ1v) is 20.7. The molecular formula is C45H56F3IrN2O2S2-. The average Bonchev–Trinajstić information content (AvgIpc) is 3.72. The van der Waals surface area contributed by atoms with Crippen molar-refractivity contribution in [3.63, 3.8) is 0 Å². The Morgan fingerprint density at radius 2 is 1.51 bits per heavy atom. The van der Waals surface area contributed by atoms with Gasteiger partial charge in [0.05, 0.1) is 21.1 Å². The van der Waals surface area contributed by atoms with E-state index in [1.54, 1.807) is 17.5 Å². The molecule has 5 rings (SSSR count). The van der Waals surface area contributed by atoms with Gasteiger partial charge in [0.2, 0.25) is 0 Å². The molecule has 2 aromatic carbocycles. The fourth-order valence-corrected chi connectivity index (χ4v) is 9.43. The van der Waals surface area contributed by atoms with Crippen molar-refractivity contribution in [2.75, 3.05) is 0 Å². The van der Waals surface area contributed by atoms with E-state index in [0.717, 1.165) is 62.2 Å². The maximum absolute atomic E-state index is 13.5. The molecule has 0 aliphatic rings. The van der Waals surface area contributed by atoms with Crippen LogP contribution in [0.3, 0.4) is 0 Å². The minimum Gasteiger partial charge on any atom is -0.512 e. The van der Waals surface area contributed by atoms with Gasteiger partial charge in [0, 0.05) is 72.1 Å². The number of thiophene rings is 1. The number of carbonyl (C=O) groups excluding carboxylic acids is 1. The van der Waals surface area contributed by atoms with Gasteiger partial charge in [-0.15, -0.1) is 51.8 Å². The van der Waals surface area contributed by atoms with Gasteiger partial charge in [-0.1, -0.05) is 105 Å². The van der Waals surface area contributed by atoms with Gasteiger partial charge in [-0.25, -0.2) is 4.98 Å². The summed E-state index contributed by atoms with van der Waals surface area (Å²) in [7, 11) is 0. The van der Waals surface area contributed by atoms with Gasteiger partial charge >= 0.3 is 6.18 Å². The molecule has 0 amide bonds. The van der Waals surface area contributed by atoms with Crippen LogP contribution in [0.25, 0.3) is 41.9 Å². The van der Waals surface area contributed by atoms with E-state index in [2.05, 4.69) is 76.0 Å². The number of halogens is 3. The molecule has 301 valence electrons. The molecule has 0 aliphatic carbocycles. The van der Waals surface area contributed by atoms with Crippen LogP contribution in [-0.2, 0) is 36.7 Å². The number of nitrogens with zero attached hydrogens (tertiary/aromatic N) is 2. The number of rotatable bonds is 12. The molecule has 4 nitrogen and oxygen atoms in total. The third kappa shape index (κ3) is 10.7. The Morgan fingerprint density at radius 1 is 0.891 bits per heavy atom. The summed E-state index contributed by atoms with van der Waals surface area (Å²) in [4.78, 5) is 22.9. The zero-order chi connectivity index (χ0) is 40.2. The van der Waals surface area contributed by atoms with Crippen molar-refractivity contribution in [1.82, 2.24) is 9.97 Å².